The molecule has 1 fully saturated rings. The van der Waals surface area contributed by atoms with E-state index in [1.165, 1.54) is 4.31 Å². The van der Waals surface area contributed by atoms with Gasteiger partial charge in [0.05, 0.1) is 5.25 Å². The van der Waals surface area contributed by atoms with Gasteiger partial charge in [-0.05, 0) is 42.7 Å². The second-order valence-electron chi connectivity index (χ2n) is 6.54. The van der Waals surface area contributed by atoms with E-state index in [2.05, 4.69) is 4.98 Å². The summed E-state index contributed by atoms with van der Waals surface area (Å²) < 4.78 is 27.3. The van der Waals surface area contributed by atoms with Crippen molar-refractivity contribution in [2.45, 2.75) is 24.6 Å². The first-order valence-corrected chi connectivity index (χ1v) is 10.2. The van der Waals surface area contributed by atoms with E-state index < -0.39 is 15.3 Å². The highest BCUT2D eigenvalue weighted by Crippen LogP contribution is 2.22. The normalized spacial score (nSPS) is 18.1. The molecule has 1 aromatic heterocycles. The second-order valence-corrected chi connectivity index (χ2v) is 8.86. The molecule has 0 unspecified atom stereocenters. The molecular weight excluding hydrogens is 350 g/mol. The Kier molecular flexibility index (Phi) is 5.68. The number of likely N-dealkylation sites (tertiary alicyclic amines) is 1. The van der Waals surface area contributed by atoms with E-state index in [1.807, 2.05) is 18.2 Å². The molecule has 6 nitrogen and oxygen atoms in total. The number of nitrogens with zero attached hydrogens (tertiary/aromatic N) is 3. The average molecular weight is 373 g/mol. The summed E-state index contributed by atoms with van der Waals surface area (Å²) in [5.41, 5.74) is 1.48. The predicted octanol–water partition coefficient (Wildman–Crippen LogP) is 2.15. The van der Waals surface area contributed by atoms with Gasteiger partial charge in [-0.1, -0.05) is 18.2 Å². The van der Waals surface area contributed by atoms with Gasteiger partial charge in [-0.25, -0.2) is 12.7 Å². The molecule has 1 aromatic carbocycles. The molecule has 26 heavy (non-hydrogen) atoms. The van der Waals surface area contributed by atoms with Crippen LogP contribution in [0.2, 0.25) is 0 Å². The number of pyridine rings is 1. The molecule has 0 N–H and O–H groups in total. The molecule has 1 amide bonds. The molecule has 3 rings (SSSR count). The first kappa shape index (κ1) is 18.5. The predicted molar refractivity (Wildman–Crippen MR) is 100.0 cm³/mol. The van der Waals surface area contributed by atoms with Crippen LogP contribution >= 0.6 is 0 Å². The first-order chi connectivity index (χ1) is 12.5. The van der Waals surface area contributed by atoms with Crippen molar-refractivity contribution in [1.82, 2.24) is 14.2 Å². The summed E-state index contributed by atoms with van der Waals surface area (Å²) >= 11 is 0. The van der Waals surface area contributed by atoms with Crippen LogP contribution in [0.3, 0.4) is 0 Å². The molecule has 0 radical (unpaired) electrons. The lowest BCUT2D eigenvalue weighted by atomic mass is 10.1. The van der Waals surface area contributed by atoms with Crippen molar-refractivity contribution in [3.63, 3.8) is 0 Å². The maximum Gasteiger partial charge on any atom is 0.253 e. The Morgan fingerprint density at radius 3 is 2.58 bits per heavy atom. The fraction of sp³-hybridized carbons (Fsp3) is 0.368. The number of amides is 1. The molecule has 0 saturated carbocycles. The highest BCUT2D eigenvalue weighted by Gasteiger charge is 2.35. The summed E-state index contributed by atoms with van der Waals surface area (Å²) in [5, 5.41) is -0.573. The maximum atomic E-state index is 13.0. The summed E-state index contributed by atoms with van der Waals surface area (Å²) in [7, 11) is -1.90. The van der Waals surface area contributed by atoms with Gasteiger partial charge in [0.25, 0.3) is 5.91 Å². The fourth-order valence-electron chi connectivity index (χ4n) is 3.22. The Balaban J connectivity index is 1.70. The van der Waals surface area contributed by atoms with Crippen LogP contribution in [0.1, 0.15) is 28.8 Å². The second kappa shape index (κ2) is 7.97. The average Bonchev–Trinajstić information content (AvgIpc) is 2.69. The summed E-state index contributed by atoms with van der Waals surface area (Å²) in [6.07, 6.45) is 4.56. The molecule has 1 aliphatic heterocycles. The van der Waals surface area contributed by atoms with E-state index in [9.17, 15) is 13.2 Å². The van der Waals surface area contributed by atoms with Gasteiger partial charge in [-0.2, -0.15) is 0 Å². The minimum atomic E-state index is -3.49. The van der Waals surface area contributed by atoms with Gasteiger partial charge in [-0.15, -0.1) is 0 Å². The molecular formula is C19H23N3O3S. The van der Waals surface area contributed by atoms with Crippen LogP contribution in [-0.4, -0.2) is 53.9 Å². The summed E-state index contributed by atoms with van der Waals surface area (Å²) in [6, 6.07) is 12.6. The Bertz CT molecular complexity index is 841. The SMILES string of the molecule is CN(Cc1ccncc1)S(=O)(=O)[C@@H]1CCCN(C(=O)c2ccccc2)C1. The number of rotatable bonds is 5. The molecule has 2 aromatic rings. The first-order valence-electron chi connectivity index (χ1n) is 8.67. The lowest BCUT2D eigenvalue weighted by Crippen LogP contribution is -2.48. The minimum Gasteiger partial charge on any atom is -0.337 e. The number of aromatic nitrogens is 1. The van der Waals surface area contributed by atoms with E-state index in [1.54, 1.807) is 48.6 Å². The fourth-order valence-corrected chi connectivity index (χ4v) is 4.89. The van der Waals surface area contributed by atoms with Gasteiger partial charge in [-0.3, -0.25) is 9.78 Å². The van der Waals surface area contributed by atoms with Gasteiger partial charge in [0.15, 0.2) is 0 Å². The molecule has 0 spiro atoms. The Morgan fingerprint density at radius 1 is 1.19 bits per heavy atom. The van der Waals surface area contributed by atoms with Crippen LogP contribution in [0.25, 0.3) is 0 Å². The summed E-state index contributed by atoms with van der Waals surface area (Å²) in [5.74, 6) is -0.109. The number of sulfonamides is 1. The molecule has 7 heteroatoms. The van der Waals surface area contributed by atoms with E-state index in [4.69, 9.17) is 0 Å². The number of hydrogen-bond acceptors (Lipinski definition) is 4. The molecule has 0 bridgehead atoms. The largest absolute Gasteiger partial charge is 0.337 e. The van der Waals surface area contributed by atoms with E-state index in [0.29, 0.717) is 31.5 Å². The van der Waals surface area contributed by atoms with E-state index in [-0.39, 0.29) is 12.5 Å². The third kappa shape index (κ3) is 4.11. The Morgan fingerprint density at radius 2 is 1.88 bits per heavy atom. The van der Waals surface area contributed by atoms with Crippen molar-refractivity contribution >= 4 is 15.9 Å². The van der Waals surface area contributed by atoms with Crippen LogP contribution in [0.5, 0.6) is 0 Å². The molecule has 2 heterocycles. The zero-order valence-electron chi connectivity index (χ0n) is 14.8. The van der Waals surface area contributed by atoms with Gasteiger partial charge >= 0.3 is 0 Å². The van der Waals surface area contributed by atoms with Crippen LogP contribution < -0.4 is 0 Å². The monoisotopic (exact) mass is 373 g/mol. The van der Waals surface area contributed by atoms with Crippen molar-refractivity contribution in [2.24, 2.45) is 0 Å². The highest BCUT2D eigenvalue weighted by atomic mass is 32.2. The van der Waals surface area contributed by atoms with Crippen molar-refractivity contribution in [3.8, 4) is 0 Å². The van der Waals surface area contributed by atoms with Gasteiger partial charge in [0.2, 0.25) is 10.0 Å². The van der Waals surface area contributed by atoms with Crippen LogP contribution in [0, 0.1) is 0 Å². The number of benzene rings is 1. The van der Waals surface area contributed by atoms with Gasteiger partial charge in [0.1, 0.15) is 0 Å². The molecule has 0 aliphatic carbocycles. The summed E-state index contributed by atoms with van der Waals surface area (Å²) in [6.45, 7) is 1.12. The zero-order valence-corrected chi connectivity index (χ0v) is 15.6. The van der Waals surface area contributed by atoms with E-state index in [0.717, 1.165) is 5.56 Å². The van der Waals surface area contributed by atoms with Crippen molar-refractivity contribution in [1.29, 1.82) is 0 Å². The Labute approximate surface area is 154 Å². The van der Waals surface area contributed by atoms with Gasteiger partial charge in [0, 0.05) is 44.6 Å². The maximum absolute atomic E-state index is 13.0. The number of carbonyl (C=O) groups excluding carboxylic acids is 1. The lowest BCUT2D eigenvalue weighted by molar-refractivity contribution is 0.0725. The topological polar surface area (TPSA) is 70.6 Å². The summed E-state index contributed by atoms with van der Waals surface area (Å²) in [4.78, 5) is 18.2. The van der Waals surface area contributed by atoms with E-state index >= 15 is 0 Å². The lowest BCUT2D eigenvalue weighted by Gasteiger charge is -2.34. The van der Waals surface area contributed by atoms with Crippen LogP contribution in [0.15, 0.2) is 54.9 Å². The van der Waals surface area contributed by atoms with Crippen LogP contribution in [0.4, 0.5) is 0 Å². The van der Waals surface area contributed by atoms with Crippen molar-refractivity contribution < 1.29 is 13.2 Å². The molecule has 1 atom stereocenters. The van der Waals surface area contributed by atoms with Gasteiger partial charge < -0.3 is 4.90 Å². The number of piperidine rings is 1. The smallest absolute Gasteiger partial charge is 0.253 e. The highest BCUT2D eigenvalue weighted by molar-refractivity contribution is 7.89. The quantitative estimate of drug-likeness (QED) is 0.805. The molecule has 1 saturated heterocycles. The number of hydrogen-bond donors (Lipinski definition) is 0. The number of carbonyl (C=O) groups is 1. The van der Waals surface area contributed by atoms with Crippen molar-refractivity contribution in [2.75, 3.05) is 20.1 Å². The third-order valence-corrected chi connectivity index (χ3v) is 6.92. The van der Waals surface area contributed by atoms with Crippen molar-refractivity contribution in [3.05, 3.63) is 66.0 Å². The Hall–Kier alpha value is -2.25. The zero-order chi connectivity index (χ0) is 18.6. The van der Waals surface area contributed by atoms with Crippen LogP contribution in [-0.2, 0) is 16.6 Å². The minimum absolute atomic E-state index is 0.109. The molecule has 1 aliphatic rings. The standard InChI is InChI=1S/C19H23N3O3S/c1-21(14-16-9-11-20-12-10-16)26(24,25)18-8-5-13-22(15-18)19(23)17-6-3-2-4-7-17/h2-4,6-7,9-12,18H,5,8,13-15H2,1H3/t18-/m1/s1. The molecule has 138 valence electrons. The third-order valence-electron chi connectivity index (χ3n) is 4.70.